The molecule has 8 heteroatoms. The molecule has 1 aliphatic rings. The van der Waals surface area contributed by atoms with Crippen LogP contribution in [-0.2, 0) is 0 Å². The second kappa shape index (κ2) is 8.66. The number of hydrogen-bond donors (Lipinski definition) is 1. The van der Waals surface area contributed by atoms with Gasteiger partial charge in [-0.15, -0.1) is 0 Å². The number of nitrogens with one attached hydrogen (secondary N) is 1. The van der Waals surface area contributed by atoms with E-state index < -0.39 is 6.61 Å². The lowest BCUT2D eigenvalue weighted by molar-refractivity contribution is -0.0512. The molecular weight excluding hydrogens is 356 g/mol. The van der Waals surface area contributed by atoms with E-state index in [9.17, 15) is 13.6 Å². The van der Waals surface area contributed by atoms with Gasteiger partial charge in [-0.05, 0) is 43.2 Å². The number of pyridine rings is 1. The fraction of sp³-hybridized carbons (Fsp3) is 0.368. The SMILES string of the molecule is COc1ccc(C(=O)NC2CCN(c3ccccn3)CC2)cc1OC(F)F. The fourth-order valence-corrected chi connectivity index (χ4v) is 3.07. The predicted octanol–water partition coefficient (Wildman–Crippen LogP) is 3.09. The van der Waals surface area contributed by atoms with Crippen molar-refractivity contribution in [1.29, 1.82) is 0 Å². The average Bonchev–Trinajstić information content (AvgIpc) is 2.68. The third-order valence-electron chi connectivity index (χ3n) is 4.45. The zero-order chi connectivity index (χ0) is 19.2. The van der Waals surface area contributed by atoms with Crippen LogP contribution in [-0.4, -0.2) is 43.7 Å². The Balaban J connectivity index is 1.59. The Hall–Kier alpha value is -2.90. The zero-order valence-electron chi connectivity index (χ0n) is 14.9. The highest BCUT2D eigenvalue weighted by Gasteiger charge is 2.22. The molecule has 0 spiro atoms. The molecule has 2 aromatic rings. The van der Waals surface area contributed by atoms with Crippen molar-refractivity contribution in [2.24, 2.45) is 0 Å². The Bertz CT molecular complexity index is 766. The molecule has 3 rings (SSSR count). The normalized spacial score (nSPS) is 14.9. The van der Waals surface area contributed by atoms with Crippen molar-refractivity contribution >= 4 is 11.7 Å². The summed E-state index contributed by atoms with van der Waals surface area (Å²) >= 11 is 0. The highest BCUT2D eigenvalue weighted by Crippen LogP contribution is 2.29. The summed E-state index contributed by atoms with van der Waals surface area (Å²) in [5, 5.41) is 2.96. The van der Waals surface area contributed by atoms with Crippen LogP contribution in [0.25, 0.3) is 0 Å². The zero-order valence-corrected chi connectivity index (χ0v) is 14.9. The molecule has 1 aliphatic heterocycles. The van der Waals surface area contributed by atoms with Crippen LogP contribution in [0.3, 0.4) is 0 Å². The smallest absolute Gasteiger partial charge is 0.387 e. The van der Waals surface area contributed by atoms with E-state index in [-0.39, 0.29) is 29.0 Å². The van der Waals surface area contributed by atoms with Crippen molar-refractivity contribution in [3.8, 4) is 11.5 Å². The van der Waals surface area contributed by atoms with Gasteiger partial charge in [-0.3, -0.25) is 4.79 Å². The molecule has 27 heavy (non-hydrogen) atoms. The molecule has 0 unspecified atom stereocenters. The van der Waals surface area contributed by atoms with Crippen LogP contribution in [0.4, 0.5) is 14.6 Å². The summed E-state index contributed by atoms with van der Waals surface area (Å²) < 4.78 is 34.5. The summed E-state index contributed by atoms with van der Waals surface area (Å²) in [4.78, 5) is 19.0. The van der Waals surface area contributed by atoms with Gasteiger partial charge in [-0.2, -0.15) is 8.78 Å². The lowest BCUT2D eigenvalue weighted by Gasteiger charge is -2.33. The maximum Gasteiger partial charge on any atom is 0.387 e. The van der Waals surface area contributed by atoms with Crippen LogP contribution in [0.2, 0.25) is 0 Å². The topological polar surface area (TPSA) is 63.7 Å². The van der Waals surface area contributed by atoms with Crippen molar-refractivity contribution in [3.63, 3.8) is 0 Å². The van der Waals surface area contributed by atoms with E-state index in [0.717, 1.165) is 31.7 Å². The standard InChI is InChI=1S/C19H21F2N3O3/c1-26-15-6-5-13(12-16(15)27-19(20)21)18(25)23-14-7-10-24(11-8-14)17-4-2-3-9-22-17/h2-6,9,12,14,19H,7-8,10-11H2,1H3,(H,23,25). The highest BCUT2D eigenvalue weighted by atomic mass is 19.3. The first-order chi connectivity index (χ1) is 13.1. The summed E-state index contributed by atoms with van der Waals surface area (Å²) in [6.45, 7) is -1.43. The molecule has 0 aliphatic carbocycles. The minimum absolute atomic E-state index is 0.0130. The maximum absolute atomic E-state index is 12.5. The number of rotatable bonds is 6. The molecule has 1 aromatic heterocycles. The van der Waals surface area contributed by atoms with Gasteiger partial charge in [0.05, 0.1) is 7.11 Å². The third kappa shape index (κ3) is 4.84. The van der Waals surface area contributed by atoms with E-state index in [0.29, 0.717) is 0 Å². The molecule has 6 nitrogen and oxygen atoms in total. The van der Waals surface area contributed by atoms with Crippen LogP contribution in [0.5, 0.6) is 11.5 Å². The largest absolute Gasteiger partial charge is 0.493 e. The molecule has 1 saturated heterocycles. The van der Waals surface area contributed by atoms with Crippen molar-refractivity contribution in [2.75, 3.05) is 25.1 Å². The predicted molar refractivity (Wildman–Crippen MR) is 96.6 cm³/mol. The number of nitrogens with zero attached hydrogens (tertiary/aromatic N) is 2. The van der Waals surface area contributed by atoms with E-state index in [4.69, 9.17) is 4.74 Å². The van der Waals surface area contributed by atoms with Gasteiger partial charge in [-0.25, -0.2) is 4.98 Å². The van der Waals surface area contributed by atoms with Crippen LogP contribution < -0.4 is 19.7 Å². The lowest BCUT2D eigenvalue weighted by atomic mass is 10.0. The fourth-order valence-electron chi connectivity index (χ4n) is 3.07. The number of anilines is 1. The first-order valence-electron chi connectivity index (χ1n) is 8.66. The van der Waals surface area contributed by atoms with Crippen LogP contribution in [0.15, 0.2) is 42.6 Å². The molecule has 2 heterocycles. The van der Waals surface area contributed by atoms with Gasteiger partial charge in [0.25, 0.3) is 5.91 Å². The van der Waals surface area contributed by atoms with Crippen LogP contribution in [0.1, 0.15) is 23.2 Å². The van der Waals surface area contributed by atoms with E-state index in [2.05, 4.69) is 19.9 Å². The maximum atomic E-state index is 12.5. The number of carbonyl (C=O) groups excluding carboxylic acids is 1. The molecule has 0 bridgehead atoms. The monoisotopic (exact) mass is 377 g/mol. The molecule has 0 saturated carbocycles. The van der Waals surface area contributed by atoms with Gasteiger partial charge in [0.1, 0.15) is 5.82 Å². The van der Waals surface area contributed by atoms with Gasteiger partial charge < -0.3 is 19.7 Å². The Kier molecular flexibility index (Phi) is 6.05. The Labute approximate surface area is 156 Å². The number of ether oxygens (including phenoxy) is 2. The number of aromatic nitrogens is 1. The number of carbonyl (C=O) groups is 1. The summed E-state index contributed by atoms with van der Waals surface area (Å²) in [6.07, 6.45) is 3.31. The van der Waals surface area contributed by atoms with Crippen molar-refractivity contribution < 1.29 is 23.0 Å². The number of halogens is 2. The number of piperidine rings is 1. The van der Waals surface area contributed by atoms with Gasteiger partial charge in [0, 0.05) is 30.9 Å². The highest BCUT2D eigenvalue weighted by molar-refractivity contribution is 5.95. The molecular formula is C19H21F2N3O3. The van der Waals surface area contributed by atoms with E-state index in [1.807, 2.05) is 18.2 Å². The quantitative estimate of drug-likeness (QED) is 0.838. The molecule has 1 N–H and O–H groups in total. The second-order valence-electron chi connectivity index (χ2n) is 6.17. The molecule has 1 aromatic carbocycles. The van der Waals surface area contributed by atoms with Gasteiger partial charge in [0.15, 0.2) is 11.5 Å². The molecule has 0 radical (unpaired) electrons. The van der Waals surface area contributed by atoms with E-state index in [1.165, 1.54) is 25.3 Å². The number of amides is 1. The van der Waals surface area contributed by atoms with E-state index >= 15 is 0 Å². The summed E-state index contributed by atoms with van der Waals surface area (Å²) in [6, 6.07) is 10.0. The number of benzene rings is 1. The molecule has 1 fully saturated rings. The Morgan fingerprint density at radius 1 is 1.22 bits per heavy atom. The number of hydrogen-bond acceptors (Lipinski definition) is 5. The van der Waals surface area contributed by atoms with E-state index in [1.54, 1.807) is 6.20 Å². The van der Waals surface area contributed by atoms with Crippen molar-refractivity contribution in [2.45, 2.75) is 25.5 Å². The first kappa shape index (κ1) is 18.9. The van der Waals surface area contributed by atoms with Crippen LogP contribution in [0, 0.1) is 0 Å². The van der Waals surface area contributed by atoms with Crippen molar-refractivity contribution in [1.82, 2.24) is 10.3 Å². The molecule has 1 amide bonds. The summed E-state index contributed by atoms with van der Waals surface area (Å²) in [7, 11) is 1.35. The van der Waals surface area contributed by atoms with Gasteiger partial charge in [-0.1, -0.05) is 6.07 Å². The Morgan fingerprint density at radius 2 is 2.00 bits per heavy atom. The summed E-state index contributed by atoms with van der Waals surface area (Å²) in [5.74, 6) is 0.583. The lowest BCUT2D eigenvalue weighted by Crippen LogP contribution is -2.44. The van der Waals surface area contributed by atoms with Crippen molar-refractivity contribution in [3.05, 3.63) is 48.2 Å². The third-order valence-corrected chi connectivity index (χ3v) is 4.45. The second-order valence-corrected chi connectivity index (χ2v) is 6.17. The minimum Gasteiger partial charge on any atom is -0.493 e. The molecule has 0 atom stereocenters. The van der Waals surface area contributed by atoms with Gasteiger partial charge in [0.2, 0.25) is 0 Å². The number of methoxy groups -OCH3 is 1. The molecule has 144 valence electrons. The number of alkyl halides is 2. The average molecular weight is 377 g/mol. The first-order valence-corrected chi connectivity index (χ1v) is 8.66. The minimum atomic E-state index is -2.99. The summed E-state index contributed by atoms with van der Waals surface area (Å²) in [5.41, 5.74) is 0.249. The van der Waals surface area contributed by atoms with Crippen LogP contribution >= 0.6 is 0 Å². The Morgan fingerprint density at radius 3 is 2.63 bits per heavy atom. The van der Waals surface area contributed by atoms with Gasteiger partial charge >= 0.3 is 6.61 Å².